The zero-order valence-corrected chi connectivity index (χ0v) is 15.0. The van der Waals surface area contributed by atoms with Crippen LogP contribution in [0.25, 0.3) is 0 Å². The maximum absolute atomic E-state index is 12.6. The van der Waals surface area contributed by atoms with Crippen LogP contribution in [0.1, 0.15) is 10.4 Å². The molecule has 1 saturated heterocycles. The molecule has 0 radical (unpaired) electrons. The number of hydrogen-bond donors (Lipinski definition) is 7. The van der Waals surface area contributed by atoms with E-state index in [0.29, 0.717) is 5.69 Å². The number of para-hydroxylation sites is 1. The highest BCUT2D eigenvalue weighted by Crippen LogP contribution is 2.40. The smallest absolute Gasteiger partial charge is 0.259 e. The van der Waals surface area contributed by atoms with Crippen molar-refractivity contribution in [3.05, 3.63) is 48.0 Å². The third-order valence-corrected chi connectivity index (χ3v) is 4.47. The van der Waals surface area contributed by atoms with E-state index >= 15 is 0 Å². The summed E-state index contributed by atoms with van der Waals surface area (Å²) in [5, 5.41) is 61.7. The number of aliphatic hydroxyl groups excluding tert-OH is 4. The molecule has 1 aliphatic heterocycles. The number of anilines is 1. The summed E-state index contributed by atoms with van der Waals surface area (Å²) < 4.78 is 10.6. The van der Waals surface area contributed by atoms with Gasteiger partial charge in [-0.05, 0) is 24.3 Å². The van der Waals surface area contributed by atoms with E-state index in [2.05, 4.69) is 5.32 Å². The van der Waals surface area contributed by atoms with Crippen LogP contribution in [0.3, 0.4) is 0 Å². The summed E-state index contributed by atoms with van der Waals surface area (Å²) in [5.41, 5.74) is 0.268. The fourth-order valence-electron chi connectivity index (χ4n) is 2.86. The Labute approximate surface area is 165 Å². The van der Waals surface area contributed by atoms with Gasteiger partial charge in [0.15, 0.2) is 11.5 Å². The number of amides is 1. The highest BCUT2D eigenvalue weighted by atomic mass is 16.7. The molecule has 156 valence electrons. The number of rotatable bonds is 5. The Morgan fingerprint density at radius 2 is 1.69 bits per heavy atom. The largest absolute Gasteiger partial charge is 0.504 e. The molecule has 0 bridgehead atoms. The first-order chi connectivity index (χ1) is 13.8. The molecule has 29 heavy (non-hydrogen) atoms. The molecule has 0 aliphatic carbocycles. The van der Waals surface area contributed by atoms with Crippen LogP contribution in [0.5, 0.6) is 17.2 Å². The molecular formula is C19H21NO9. The van der Waals surface area contributed by atoms with Crippen molar-refractivity contribution in [3.63, 3.8) is 0 Å². The first-order valence-corrected chi connectivity index (χ1v) is 8.72. The highest BCUT2D eigenvalue weighted by Gasteiger charge is 2.45. The number of carbonyl (C=O) groups excluding carboxylic acids is 1. The van der Waals surface area contributed by atoms with Gasteiger partial charge in [-0.1, -0.05) is 18.2 Å². The van der Waals surface area contributed by atoms with E-state index in [-0.39, 0.29) is 5.56 Å². The molecule has 0 spiro atoms. The third kappa shape index (κ3) is 4.26. The number of phenolic OH excluding ortho intramolecular Hbond substituents is 2. The lowest BCUT2D eigenvalue weighted by molar-refractivity contribution is -0.277. The molecular weight excluding hydrogens is 386 g/mol. The van der Waals surface area contributed by atoms with Gasteiger partial charge >= 0.3 is 0 Å². The normalized spacial score (nSPS) is 26.7. The van der Waals surface area contributed by atoms with E-state index in [1.807, 2.05) is 0 Å². The summed E-state index contributed by atoms with van der Waals surface area (Å²) >= 11 is 0. The Hall–Kier alpha value is -2.89. The number of aromatic hydroxyl groups is 2. The lowest BCUT2D eigenvalue weighted by Crippen LogP contribution is -2.60. The molecule has 10 heteroatoms. The summed E-state index contributed by atoms with van der Waals surface area (Å²) in [6.07, 6.45) is -7.99. The van der Waals surface area contributed by atoms with Gasteiger partial charge in [0, 0.05) is 5.69 Å². The van der Waals surface area contributed by atoms with Crippen LogP contribution in [0.2, 0.25) is 0 Å². The molecule has 3 rings (SSSR count). The van der Waals surface area contributed by atoms with E-state index in [1.165, 1.54) is 6.07 Å². The number of ether oxygens (including phenoxy) is 2. The van der Waals surface area contributed by atoms with E-state index < -0.39 is 60.5 Å². The monoisotopic (exact) mass is 407 g/mol. The van der Waals surface area contributed by atoms with Gasteiger partial charge in [-0.25, -0.2) is 0 Å². The van der Waals surface area contributed by atoms with Gasteiger partial charge in [-0.2, -0.15) is 0 Å². The van der Waals surface area contributed by atoms with Crippen LogP contribution in [-0.2, 0) is 4.74 Å². The Kier molecular flexibility index (Phi) is 6.20. The first kappa shape index (κ1) is 20.8. The van der Waals surface area contributed by atoms with Crippen molar-refractivity contribution in [2.75, 3.05) is 11.9 Å². The highest BCUT2D eigenvalue weighted by molar-refractivity contribution is 6.07. The maximum atomic E-state index is 12.6. The van der Waals surface area contributed by atoms with Gasteiger partial charge in [0.05, 0.1) is 12.2 Å². The standard InChI is InChI=1S/C19H21NO9/c21-8-12-14(24)15(25)16(26)19(28-12)29-17-10(6-7-11(22)13(17)23)18(27)20-9-4-2-1-3-5-9/h1-7,12,14-16,19,21-26H,8H2,(H,20,27)/t12-,14-,15+,16-,19+/m1/s1. The van der Waals surface area contributed by atoms with Crippen LogP contribution in [0.4, 0.5) is 5.69 Å². The second-order valence-corrected chi connectivity index (χ2v) is 6.45. The Morgan fingerprint density at radius 1 is 1.00 bits per heavy atom. The minimum atomic E-state index is -1.76. The number of hydrogen-bond acceptors (Lipinski definition) is 9. The topological polar surface area (TPSA) is 169 Å². The predicted molar refractivity (Wildman–Crippen MR) is 98.6 cm³/mol. The van der Waals surface area contributed by atoms with Gasteiger partial charge in [-0.15, -0.1) is 0 Å². The van der Waals surface area contributed by atoms with Gasteiger partial charge in [0.2, 0.25) is 12.0 Å². The van der Waals surface area contributed by atoms with Crippen LogP contribution >= 0.6 is 0 Å². The van der Waals surface area contributed by atoms with Crippen molar-refractivity contribution >= 4 is 11.6 Å². The summed E-state index contributed by atoms with van der Waals surface area (Å²) in [6, 6.07) is 10.7. The van der Waals surface area contributed by atoms with Crippen molar-refractivity contribution in [3.8, 4) is 17.2 Å². The number of carbonyl (C=O) groups is 1. The molecule has 5 atom stereocenters. The fourth-order valence-corrected chi connectivity index (χ4v) is 2.86. The molecule has 0 saturated carbocycles. The summed E-state index contributed by atoms with van der Waals surface area (Å²) in [5.74, 6) is -2.59. The van der Waals surface area contributed by atoms with E-state index in [4.69, 9.17) is 9.47 Å². The minimum absolute atomic E-state index is 0.193. The molecule has 2 aromatic carbocycles. The van der Waals surface area contributed by atoms with Gasteiger partial charge in [0.1, 0.15) is 24.4 Å². The molecule has 1 heterocycles. The molecule has 7 N–H and O–H groups in total. The predicted octanol–water partition coefficient (Wildman–Crippen LogP) is -0.471. The van der Waals surface area contributed by atoms with Gasteiger partial charge in [0.25, 0.3) is 5.91 Å². The zero-order chi connectivity index (χ0) is 21.1. The molecule has 0 unspecified atom stereocenters. The molecule has 1 aliphatic rings. The van der Waals surface area contributed by atoms with Gasteiger partial charge < -0.3 is 45.4 Å². The van der Waals surface area contributed by atoms with Crippen LogP contribution in [0.15, 0.2) is 42.5 Å². The van der Waals surface area contributed by atoms with Crippen molar-refractivity contribution < 1.29 is 44.9 Å². The van der Waals surface area contributed by atoms with E-state index in [0.717, 1.165) is 6.07 Å². The molecule has 2 aromatic rings. The molecule has 10 nitrogen and oxygen atoms in total. The average Bonchev–Trinajstić information content (AvgIpc) is 2.72. The second kappa shape index (κ2) is 8.64. The van der Waals surface area contributed by atoms with E-state index in [9.17, 15) is 35.4 Å². The zero-order valence-electron chi connectivity index (χ0n) is 15.0. The number of nitrogens with one attached hydrogen (secondary N) is 1. The SMILES string of the molecule is O=C(Nc1ccccc1)c1ccc(O)c(O)c1O[C@@H]1O[C@H](CO)[C@@H](O)[C@H](O)[C@H]1O. The summed E-state index contributed by atoms with van der Waals surface area (Å²) in [4.78, 5) is 12.6. The van der Waals surface area contributed by atoms with Crippen molar-refractivity contribution in [1.29, 1.82) is 0 Å². The van der Waals surface area contributed by atoms with Crippen molar-refractivity contribution in [1.82, 2.24) is 0 Å². The molecule has 0 aromatic heterocycles. The Bertz CT molecular complexity index is 858. The molecule has 1 fully saturated rings. The van der Waals surface area contributed by atoms with Crippen molar-refractivity contribution in [2.24, 2.45) is 0 Å². The number of aliphatic hydroxyl groups is 4. The molecule has 1 amide bonds. The van der Waals surface area contributed by atoms with Crippen molar-refractivity contribution in [2.45, 2.75) is 30.7 Å². The van der Waals surface area contributed by atoms with Crippen LogP contribution < -0.4 is 10.1 Å². The number of benzene rings is 2. The third-order valence-electron chi connectivity index (χ3n) is 4.47. The Balaban J connectivity index is 1.90. The number of phenols is 2. The lowest BCUT2D eigenvalue weighted by Gasteiger charge is -2.39. The second-order valence-electron chi connectivity index (χ2n) is 6.45. The summed E-state index contributed by atoms with van der Waals surface area (Å²) in [7, 11) is 0. The van der Waals surface area contributed by atoms with Gasteiger partial charge in [-0.3, -0.25) is 4.79 Å². The lowest BCUT2D eigenvalue weighted by atomic mass is 9.99. The van der Waals surface area contributed by atoms with Crippen LogP contribution in [-0.4, -0.2) is 73.9 Å². The van der Waals surface area contributed by atoms with Crippen LogP contribution in [0, 0.1) is 0 Å². The van der Waals surface area contributed by atoms with E-state index in [1.54, 1.807) is 30.3 Å². The quantitative estimate of drug-likeness (QED) is 0.324. The first-order valence-electron chi connectivity index (χ1n) is 8.72. The fraction of sp³-hybridized carbons (Fsp3) is 0.316. The average molecular weight is 407 g/mol. The summed E-state index contributed by atoms with van der Waals surface area (Å²) in [6.45, 7) is -0.682. The maximum Gasteiger partial charge on any atom is 0.259 e. The minimum Gasteiger partial charge on any atom is -0.504 e. The Morgan fingerprint density at radius 3 is 2.34 bits per heavy atom.